The second-order valence-electron chi connectivity index (χ2n) is 13.1. The van der Waals surface area contributed by atoms with Crippen LogP contribution in [0.25, 0.3) is 0 Å². The quantitative estimate of drug-likeness (QED) is 0.182. The third kappa shape index (κ3) is 10.5. The molecule has 4 aliphatic rings. The maximum atomic E-state index is 6.40. The van der Waals surface area contributed by atoms with Crippen molar-refractivity contribution in [2.24, 2.45) is 21.7 Å². The Labute approximate surface area is 255 Å². The van der Waals surface area contributed by atoms with E-state index in [-0.39, 0.29) is 21.7 Å². The topological polar surface area (TPSA) is 111 Å². The van der Waals surface area contributed by atoms with Crippen molar-refractivity contribution >= 4 is 18.1 Å². The van der Waals surface area contributed by atoms with Gasteiger partial charge in [0.05, 0.1) is 79.3 Å². The fourth-order valence-corrected chi connectivity index (χ4v) is 8.91. The minimum atomic E-state index is -3.39. The van der Waals surface area contributed by atoms with Crippen LogP contribution in [0.1, 0.15) is 55.4 Å². The molecule has 0 bridgehead atoms. The molecule has 0 aliphatic carbocycles. The number of hydrogen-bond acceptors (Lipinski definition) is 12. The Morgan fingerprint density at radius 3 is 0.714 bits per heavy atom. The molecule has 0 unspecified atom stereocenters. The highest BCUT2D eigenvalue weighted by Gasteiger charge is 2.54. The molecule has 0 aromatic carbocycles. The van der Waals surface area contributed by atoms with E-state index in [0.29, 0.717) is 106 Å². The van der Waals surface area contributed by atoms with Crippen LogP contribution in [0.3, 0.4) is 0 Å². The minimum absolute atomic E-state index is 0.0230. The van der Waals surface area contributed by atoms with Gasteiger partial charge < -0.3 is 54.4 Å². The predicted molar refractivity (Wildman–Crippen MR) is 158 cm³/mol. The van der Waals surface area contributed by atoms with Crippen molar-refractivity contribution in [2.75, 3.05) is 106 Å². The van der Waals surface area contributed by atoms with E-state index in [9.17, 15) is 0 Å². The molecule has 4 rings (SSSR count). The van der Waals surface area contributed by atoms with Crippen LogP contribution in [0.2, 0.25) is 0 Å². The Balaban J connectivity index is 0.000000316. The summed E-state index contributed by atoms with van der Waals surface area (Å²) in [5.41, 5.74) is -0.0922. The summed E-state index contributed by atoms with van der Waals surface area (Å²) >= 11 is 0. The summed E-state index contributed by atoms with van der Waals surface area (Å²) in [6.07, 6.45) is 0. The number of ether oxygens (including phenoxy) is 4. The van der Waals surface area contributed by atoms with Crippen molar-refractivity contribution in [3.05, 3.63) is 0 Å². The van der Waals surface area contributed by atoms with Crippen molar-refractivity contribution in [3.8, 4) is 0 Å². The molecule has 0 spiro atoms. The van der Waals surface area contributed by atoms with E-state index in [1.807, 2.05) is 27.7 Å². The molecule has 0 aromatic rings. The summed E-state index contributed by atoms with van der Waals surface area (Å²) in [4.78, 5) is 0. The van der Waals surface area contributed by atoms with Gasteiger partial charge in [-0.1, -0.05) is 27.7 Å². The lowest BCUT2D eigenvalue weighted by atomic mass is 9.90. The molecule has 42 heavy (non-hydrogen) atoms. The third-order valence-corrected chi connectivity index (χ3v) is 11.8. The summed E-state index contributed by atoms with van der Waals surface area (Å²) in [5, 5.41) is 0. The molecule has 0 saturated carbocycles. The Morgan fingerprint density at radius 2 is 0.571 bits per heavy atom. The maximum absolute atomic E-state index is 6.40. The lowest BCUT2D eigenvalue weighted by Gasteiger charge is -2.45. The molecular formula is C28H56O12Si2. The van der Waals surface area contributed by atoms with Gasteiger partial charge in [-0.15, -0.1) is 0 Å². The molecule has 248 valence electrons. The van der Waals surface area contributed by atoms with E-state index in [2.05, 4.69) is 27.7 Å². The van der Waals surface area contributed by atoms with Crippen molar-refractivity contribution < 1.29 is 54.4 Å². The van der Waals surface area contributed by atoms with Crippen molar-refractivity contribution in [3.63, 3.8) is 0 Å². The molecule has 4 saturated heterocycles. The Morgan fingerprint density at radius 1 is 0.381 bits per heavy atom. The van der Waals surface area contributed by atoms with Gasteiger partial charge in [-0.05, 0) is 27.7 Å². The van der Waals surface area contributed by atoms with Gasteiger partial charge in [0.1, 0.15) is 0 Å². The van der Waals surface area contributed by atoms with Gasteiger partial charge in [-0.25, -0.2) is 0 Å². The van der Waals surface area contributed by atoms with E-state index in [1.54, 1.807) is 0 Å². The predicted octanol–water partition coefficient (Wildman–Crippen LogP) is 3.20. The third-order valence-electron chi connectivity index (χ3n) is 7.28. The molecule has 4 aliphatic heterocycles. The van der Waals surface area contributed by atoms with Gasteiger partial charge in [0.2, 0.25) is 0 Å². The SMILES string of the molecule is CC1(CO[Si](OCC2(C)COC2)(OCC2(C)COC2)OCC2(C)COC2)COC1.CCO[Si](OCC)(OCC)OCC. The molecular weight excluding hydrogens is 584 g/mol. The smallest absolute Gasteiger partial charge is 0.380 e. The van der Waals surface area contributed by atoms with Crippen LogP contribution in [-0.4, -0.2) is 124 Å². The van der Waals surface area contributed by atoms with Gasteiger partial charge in [-0.2, -0.15) is 0 Å². The summed E-state index contributed by atoms with van der Waals surface area (Å²) in [6.45, 7) is 25.8. The van der Waals surface area contributed by atoms with E-state index >= 15 is 0 Å². The minimum Gasteiger partial charge on any atom is -0.380 e. The summed E-state index contributed by atoms with van der Waals surface area (Å²) in [5.74, 6) is 0. The van der Waals surface area contributed by atoms with Gasteiger partial charge in [0.25, 0.3) is 0 Å². The molecule has 0 atom stereocenters. The van der Waals surface area contributed by atoms with Gasteiger partial charge in [0, 0.05) is 48.1 Å². The molecule has 12 nitrogen and oxygen atoms in total. The van der Waals surface area contributed by atoms with Crippen LogP contribution in [0, 0.1) is 21.7 Å². The van der Waals surface area contributed by atoms with Crippen molar-refractivity contribution in [2.45, 2.75) is 55.4 Å². The van der Waals surface area contributed by atoms with Crippen molar-refractivity contribution in [1.82, 2.24) is 0 Å². The van der Waals surface area contributed by atoms with E-state index in [4.69, 9.17) is 54.4 Å². The monoisotopic (exact) mass is 640 g/mol. The molecule has 4 fully saturated rings. The Hall–Kier alpha value is -0.0462. The van der Waals surface area contributed by atoms with E-state index in [1.165, 1.54) is 0 Å². The highest BCUT2D eigenvalue weighted by Crippen LogP contribution is 2.35. The molecule has 0 N–H and O–H groups in total. The molecule has 0 amide bonds. The van der Waals surface area contributed by atoms with Crippen LogP contribution in [0.5, 0.6) is 0 Å². The maximum Gasteiger partial charge on any atom is 0.679 e. The highest BCUT2D eigenvalue weighted by molar-refractivity contribution is 6.53. The standard InChI is InChI=1S/C20H36O8Si.C8H20O4Si/c1-17(5-21-6-17)13-25-29(26-14-18(2)7-22-8-18,27-15-19(3)9-23-10-19)28-16-20(4)11-24-12-20;1-5-9-13(10-6-2,11-7-3)12-8-4/h5-16H2,1-4H3;5-8H2,1-4H3. The highest BCUT2D eigenvalue weighted by atomic mass is 28.4. The molecule has 4 heterocycles. The Bertz CT molecular complexity index is 656. The summed E-state index contributed by atoms with van der Waals surface area (Å²) in [7, 11) is -6.18. The lowest BCUT2D eigenvalue weighted by Crippen LogP contribution is -2.60. The first-order valence-corrected chi connectivity index (χ1v) is 18.6. The average Bonchev–Trinajstić information content (AvgIpc) is 2.89. The second-order valence-corrected chi connectivity index (χ2v) is 17.4. The zero-order chi connectivity index (χ0) is 30.8. The van der Waals surface area contributed by atoms with Crippen molar-refractivity contribution in [1.29, 1.82) is 0 Å². The van der Waals surface area contributed by atoms with Crippen LogP contribution in [0.15, 0.2) is 0 Å². The van der Waals surface area contributed by atoms with Crippen LogP contribution < -0.4 is 0 Å². The largest absolute Gasteiger partial charge is 0.679 e. The first kappa shape index (κ1) is 36.4. The van der Waals surface area contributed by atoms with Gasteiger partial charge in [-0.3, -0.25) is 0 Å². The fraction of sp³-hybridized carbons (Fsp3) is 1.00. The number of rotatable bonds is 20. The second kappa shape index (κ2) is 16.0. The van der Waals surface area contributed by atoms with Crippen LogP contribution in [-0.2, 0) is 54.4 Å². The van der Waals surface area contributed by atoms with E-state index in [0.717, 1.165) is 0 Å². The van der Waals surface area contributed by atoms with E-state index < -0.39 is 18.1 Å². The Kier molecular flexibility index (Phi) is 13.9. The summed E-state index contributed by atoms with van der Waals surface area (Å²) < 4.78 is 68.8. The number of hydrogen-bond donors (Lipinski definition) is 0. The molecule has 0 aromatic heterocycles. The van der Waals surface area contributed by atoms with Gasteiger partial charge in [0.15, 0.2) is 0 Å². The first-order valence-electron chi connectivity index (χ1n) is 15.3. The lowest BCUT2D eigenvalue weighted by molar-refractivity contribution is -0.186. The zero-order valence-electron chi connectivity index (χ0n) is 27.2. The van der Waals surface area contributed by atoms with Crippen LogP contribution in [0.4, 0.5) is 0 Å². The first-order chi connectivity index (χ1) is 19.9. The molecule has 0 radical (unpaired) electrons. The normalized spacial score (nSPS) is 23.4. The summed E-state index contributed by atoms with van der Waals surface area (Å²) in [6, 6.07) is 0. The molecule has 14 heteroatoms. The fourth-order valence-electron chi connectivity index (χ4n) is 4.39. The average molecular weight is 641 g/mol. The van der Waals surface area contributed by atoms with Crippen LogP contribution >= 0.6 is 0 Å². The zero-order valence-corrected chi connectivity index (χ0v) is 29.2. The van der Waals surface area contributed by atoms with Gasteiger partial charge >= 0.3 is 18.1 Å².